The van der Waals surface area contributed by atoms with E-state index >= 15 is 0 Å². The van der Waals surface area contributed by atoms with E-state index in [0.717, 1.165) is 22.2 Å². The Morgan fingerprint density at radius 1 is 0.870 bits per heavy atom. The van der Waals surface area contributed by atoms with Crippen molar-refractivity contribution >= 4 is 26.0 Å². The van der Waals surface area contributed by atoms with Gasteiger partial charge in [0.2, 0.25) is 0 Å². The molecule has 0 bridgehead atoms. The number of rotatable bonds is 2. The normalized spacial score (nSPS) is 11.5. The molecule has 0 atom stereocenters. The summed E-state index contributed by atoms with van der Waals surface area (Å²) >= 11 is 3.30. The van der Waals surface area contributed by atoms with Crippen molar-refractivity contribution in [1.29, 1.82) is 0 Å². The standard InChI is InChI=1S/C15H8BrF3O3S/c16-13-7-3-11(4-8-13)1-2-12-5-9-14(10-6-12)22-23(20,21)15(17,18)19/h3-10H. The number of halogens is 4. The fraction of sp³-hybridized carbons (Fsp3) is 0.0667. The Balaban J connectivity index is 2.13. The minimum atomic E-state index is -5.66. The highest BCUT2D eigenvalue weighted by Gasteiger charge is 2.48. The van der Waals surface area contributed by atoms with E-state index in [1.807, 2.05) is 12.1 Å². The van der Waals surface area contributed by atoms with E-state index in [4.69, 9.17) is 0 Å². The molecule has 0 unspecified atom stereocenters. The van der Waals surface area contributed by atoms with Gasteiger partial charge in [0.05, 0.1) is 0 Å². The predicted molar refractivity (Wildman–Crippen MR) is 82.2 cm³/mol. The van der Waals surface area contributed by atoms with E-state index < -0.39 is 21.4 Å². The van der Waals surface area contributed by atoms with Crippen LogP contribution in [0, 0.1) is 11.8 Å². The first kappa shape index (κ1) is 17.4. The summed E-state index contributed by atoms with van der Waals surface area (Å²) < 4.78 is 63.2. The molecule has 0 aromatic heterocycles. The van der Waals surface area contributed by atoms with Crippen LogP contribution in [0.15, 0.2) is 53.0 Å². The third-order valence-electron chi connectivity index (χ3n) is 2.54. The van der Waals surface area contributed by atoms with Crippen molar-refractivity contribution in [3.8, 4) is 17.6 Å². The minimum Gasteiger partial charge on any atom is -0.376 e. The maximum atomic E-state index is 12.2. The lowest BCUT2D eigenvalue weighted by Gasteiger charge is -2.08. The molecule has 0 fully saturated rings. The van der Waals surface area contributed by atoms with Crippen LogP contribution in [0.5, 0.6) is 5.75 Å². The molecule has 0 spiro atoms. The average Bonchev–Trinajstić information content (AvgIpc) is 2.47. The van der Waals surface area contributed by atoms with Crippen LogP contribution in [0.4, 0.5) is 13.2 Å². The summed E-state index contributed by atoms with van der Waals surface area (Å²) in [7, 11) is -5.66. The van der Waals surface area contributed by atoms with Gasteiger partial charge in [-0.3, -0.25) is 0 Å². The van der Waals surface area contributed by atoms with Crippen LogP contribution in [0.2, 0.25) is 0 Å². The Bertz CT molecular complexity index is 846. The molecule has 0 aliphatic carbocycles. The number of hydrogen-bond donors (Lipinski definition) is 0. The zero-order chi connectivity index (χ0) is 17.1. The lowest BCUT2D eigenvalue weighted by Crippen LogP contribution is -2.28. The van der Waals surface area contributed by atoms with Gasteiger partial charge in [0.1, 0.15) is 5.75 Å². The Labute approximate surface area is 139 Å². The molecule has 0 N–H and O–H groups in total. The minimum absolute atomic E-state index is 0.434. The zero-order valence-corrected chi connectivity index (χ0v) is 13.7. The molecule has 3 nitrogen and oxygen atoms in total. The fourth-order valence-electron chi connectivity index (χ4n) is 1.45. The van der Waals surface area contributed by atoms with Gasteiger partial charge < -0.3 is 4.18 Å². The van der Waals surface area contributed by atoms with E-state index in [9.17, 15) is 21.6 Å². The Morgan fingerprint density at radius 3 is 1.74 bits per heavy atom. The van der Waals surface area contributed by atoms with Crippen molar-refractivity contribution < 1.29 is 25.8 Å². The molecule has 0 saturated heterocycles. The van der Waals surface area contributed by atoms with Gasteiger partial charge in [0, 0.05) is 15.6 Å². The van der Waals surface area contributed by atoms with Crippen LogP contribution in [-0.4, -0.2) is 13.9 Å². The van der Waals surface area contributed by atoms with Crippen LogP contribution in [0.25, 0.3) is 0 Å². The van der Waals surface area contributed by atoms with Gasteiger partial charge in [-0.1, -0.05) is 27.8 Å². The maximum absolute atomic E-state index is 12.2. The molecule has 2 aromatic rings. The molecule has 0 aliphatic heterocycles. The van der Waals surface area contributed by atoms with Gasteiger partial charge >= 0.3 is 15.6 Å². The number of benzene rings is 2. The molecular formula is C15H8BrF3O3S. The van der Waals surface area contributed by atoms with Crippen molar-refractivity contribution in [2.24, 2.45) is 0 Å². The predicted octanol–water partition coefficient (Wildman–Crippen LogP) is 4.08. The molecule has 2 rings (SSSR count). The van der Waals surface area contributed by atoms with Crippen LogP contribution in [0.1, 0.15) is 11.1 Å². The third kappa shape index (κ3) is 4.74. The van der Waals surface area contributed by atoms with Crippen molar-refractivity contribution in [3.05, 3.63) is 64.1 Å². The SMILES string of the molecule is O=S(=O)(Oc1ccc(C#Cc2ccc(Br)cc2)cc1)C(F)(F)F. The second-order valence-corrected chi connectivity index (χ2v) is 6.72. The first-order valence-electron chi connectivity index (χ1n) is 6.06. The van der Waals surface area contributed by atoms with Crippen molar-refractivity contribution in [3.63, 3.8) is 0 Å². The van der Waals surface area contributed by atoms with Crippen LogP contribution >= 0.6 is 15.9 Å². The monoisotopic (exact) mass is 404 g/mol. The Kier molecular flexibility index (Phi) is 5.02. The van der Waals surface area contributed by atoms with Crippen LogP contribution in [-0.2, 0) is 10.1 Å². The highest BCUT2D eigenvalue weighted by atomic mass is 79.9. The molecule has 23 heavy (non-hydrogen) atoms. The van der Waals surface area contributed by atoms with Gasteiger partial charge in [-0.25, -0.2) is 0 Å². The van der Waals surface area contributed by atoms with Crippen molar-refractivity contribution in [1.82, 2.24) is 0 Å². The first-order valence-corrected chi connectivity index (χ1v) is 8.26. The summed E-state index contributed by atoms with van der Waals surface area (Å²) in [5.74, 6) is 5.24. The lowest BCUT2D eigenvalue weighted by molar-refractivity contribution is -0.0500. The topological polar surface area (TPSA) is 43.4 Å². The lowest BCUT2D eigenvalue weighted by atomic mass is 10.2. The Hall–Kier alpha value is -1.98. The molecular weight excluding hydrogens is 397 g/mol. The highest BCUT2D eigenvalue weighted by molar-refractivity contribution is 9.10. The quantitative estimate of drug-likeness (QED) is 0.430. The molecule has 0 heterocycles. The molecule has 0 saturated carbocycles. The van der Waals surface area contributed by atoms with Gasteiger partial charge in [-0.05, 0) is 48.5 Å². The van der Waals surface area contributed by atoms with E-state index in [0.29, 0.717) is 5.56 Å². The number of hydrogen-bond acceptors (Lipinski definition) is 3. The molecule has 120 valence electrons. The largest absolute Gasteiger partial charge is 0.534 e. The molecule has 2 aromatic carbocycles. The van der Waals surface area contributed by atoms with Crippen molar-refractivity contribution in [2.45, 2.75) is 5.51 Å². The maximum Gasteiger partial charge on any atom is 0.534 e. The van der Waals surface area contributed by atoms with E-state index in [1.165, 1.54) is 12.1 Å². The Morgan fingerprint density at radius 2 is 1.30 bits per heavy atom. The summed E-state index contributed by atoms with van der Waals surface area (Å²) in [5.41, 5.74) is -4.20. The zero-order valence-electron chi connectivity index (χ0n) is 11.3. The molecule has 0 amide bonds. The molecule has 0 aliphatic rings. The van der Waals surface area contributed by atoms with E-state index in [1.54, 1.807) is 12.1 Å². The second-order valence-electron chi connectivity index (χ2n) is 4.26. The smallest absolute Gasteiger partial charge is 0.376 e. The van der Waals surface area contributed by atoms with Crippen LogP contribution < -0.4 is 4.18 Å². The summed E-state index contributed by atoms with van der Waals surface area (Å²) in [6, 6.07) is 12.2. The van der Waals surface area contributed by atoms with Gasteiger partial charge in [-0.2, -0.15) is 21.6 Å². The summed E-state index contributed by atoms with van der Waals surface area (Å²) in [5, 5.41) is 0. The third-order valence-corrected chi connectivity index (χ3v) is 4.05. The summed E-state index contributed by atoms with van der Waals surface area (Å²) in [6.45, 7) is 0. The molecule has 0 radical (unpaired) electrons. The van der Waals surface area contributed by atoms with E-state index in [-0.39, 0.29) is 0 Å². The summed E-state index contributed by atoms with van der Waals surface area (Å²) in [6.07, 6.45) is 0. The molecule has 8 heteroatoms. The van der Waals surface area contributed by atoms with Crippen LogP contribution in [0.3, 0.4) is 0 Å². The van der Waals surface area contributed by atoms with Gasteiger partial charge in [0.15, 0.2) is 0 Å². The summed E-state index contributed by atoms with van der Waals surface area (Å²) in [4.78, 5) is 0. The second kappa shape index (κ2) is 6.64. The first-order chi connectivity index (χ1) is 10.7. The fourth-order valence-corrected chi connectivity index (χ4v) is 2.17. The highest BCUT2D eigenvalue weighted by Crippen LogP contribution is 2.26. The van der Waals surface area contributed by atoms with Crippen molar-refractivity contribution in [2.75, 3.05) is 0 Å². The van der Waals surface area contributed by atoms with Gasteiger partial charge in [0.25, 0.3) is 0 Å². The number of alkyl halides is 3. The van der Waals surface area contributed by atoms with Gasteiger partial charge in [-0.15, -0.1) is 0 Å². The average molecular weight is 405 g/mol. The van der Waals surface area contributed by atoms with E-state index in [2.05, 4.69) is 32.0 Å².